The van der Waals surface area contributed by atoms with E-state index in [1.54, 1.807) is 5.51 Å². The van der Waals surface area contributed by atoms with Gasteiger partial charge in [0.15, 0.2) is 0 Å². The molecule has 1 aliphatic heterocycles. The van der Waals surface area contributed by atoms with E-state index in [1.165, 1.54) is 11.3 Å². The summed E-state index contributed by atoms with van der Waals surface area (Å²) in [7, 11) is -1.88. The average Bonchev–Trinajstić information content (AvgIpc) is 2.36. The maximum atomic E-state index is 11.5. The smallest absolute Gasteiger partial charge is 0.239 e. The topological polar surface area (TPSA) is 55.2 Å². The number of nitrogens with zero attached hydrogens (tertiary/aromatic N) is 3. The lowest BCUT2D eigenvalue weighted by Crippen LogP contribution is -2.22. The van der Waals surface area contributed by atoms with E-state index < -0.39 is 9.73 Å². The minimum absolute atomic E-state index is 0.551. The molecular formula is C5H7N3OS2. The summed E-state index contributed by atoms with van der Waals surface area (Å²) in [4.78, 5) is 0. The molecule has 0 aromatic carbocycles. The molecule has 0 bridgehead atoms. The fourth-order valence-corrected chi connectivity index (χ4v) is 2.98. The molecule has 4 nitrogen and oxygen atoms in total. The molecule has 1 saturated heterocycles. The van der Waals surface area contributed by atoms with Gasteiger partial charge in [-0.3, -0.25) is 0 Å². The van der Waals surface area contributed by atoms with Gasteiger partial charge in [-0.25, -0.2) is 4.21 Å². The SMILES string of the molecule is O=S1(=Nc2nncs2)CCC1. The van der Waals surface area contributed by atoms with Crippen molar-refractivity contribution in [3.05, 3.63) is 5.51 Å². The molecule has 0 N–H and O–H groups in total. The maximum absolute atomic E-state index is 11.5. The van der Waals surface area contributed by atoms with E-state index in [-0.39, 0.29) is 0 Å². The van der Waals surface area contributed by atoms with Crippen LogP contribution in [0, 0.1) is 0 Å². The van der Waals surface area contributed by atoms with E-state index in [4.69, 9.17) is 0 Å². The van der Waals surface area contributed by atoms with Crippen LogP contribution < -0.4 is 0 Å². The van der Waals surface area contributed by atoms with Gasteiger partial charge in [0.25, 0.3) is 0 Å². The minimum atomic E-state index is -1.88. The molecule has 2 rings (SSSR count). The van der Waals surface area contributed by atoms with Crippen LogP contribution in [0.5, 0.6) is 0 Å². The molecule has 2 heterocycles. The van der Waals surface area contributed by atoms with Crippen LogP contribution in [-0.4, -0.2) is 25.9 Å². The zero-order valence-electron chi connectivity index (χ0n) is 5.77. The van der Waals surface area contributed by atoms with Crippen LogP contribution >= 0.6 is 11.3 Å². The Balaban J connectivity index is 2.34. The van der Waals surface area contributed by atoms with Crippen molar-refractivity contribution in [3.8, 4) is 0 Å². The van der Waals surface area contributed by atoms with Crippen LogP contribution in [0.4, 0.5) is 5.13 Å². The van der Waals surface area contributed by atoms with Gasteiger partial charge >= 0.3 is 0 Å². The highest BCUT2D eigenvalue weighted by Gasteiger charge is 2.19. The number of aromatic nitrogens is 2. The van der Waals surface area contributed by atoms with Gasteiger partial charge in [-0.05, 0) is 6.42 Å². The lowest BCUT2D eigenvalue weighted by Gasteiger charge is -2.16. The van der Waals surface area contributed by atoms with Crippen molar-refractivity contribution in [2.24, 2.45) is 4.36 Å². The summed E-state index contributed by atoms with van der Waals surface area (Å²) >= 11 is 1.33. The summed E-state index contributed by atoms with van der Waals surface area (Å²) in [6.45, 7) is 0. The molecule has 0 aliphatic carbocycles. The highest BCUT2D eigenvalue weighted by molar-refractivity contribution is 7.95. The van der Waals surface area contributed by atoms with Gasteiger partial charge < -0.3 is 0 Å². The van der Waals surface area contributed by atoms with Crippen LogP contribution in [0.3, 0.4) is 0 Å². The molecule has 1 aliphatic rings. The van der Waals surface area contributed by atoms with Crippen molar-refractivity contribution in [3.63, 3.8) is 0 Å². The fraction of sp³-hybridized carbons (Fsp3) is 0.600. The molecular weight excluding hydrogens is 182 g/mol. The Hall–Kier alpha value is -0.490. The van der Waals surface area contributed by atoms with Gasteiger partial charge in [-0.1, -0.05) is 11.3 Å². The molecule has 0 unspecified atom stereocenters. The van der Waals surface area contributed by atoms with Crippen LogP contribution in [0.15, 0.2) is 9.87 Å². The Kier molecular flexibility index (Phi) is 1.65. The Bertz CT molecular complexity index is 340. The van der Waals surface area contributed by atoms with E-state index >= 15 is 0 Å². The Morgan fingerprint density at radius 2 is 2.45 bits per heavy atom. The first-order chi connectivity index (χ1) is 5.29. The van der Waals surface area contributed by atoms with Crippen LogP contribution in [0.25, 0.3) is 0 Å². The predicted octanol–water partition coefficient (Wildman–Crippen LogP) is 1.04. The highest BCUT2D eigenvalue weighted by Crippen LogP contribution is 2.21. The third-order valence-corrected chi connectivity index (χ3v) is 4.58. The van der Waals surface area contributed by atoms with Gasteiger partial charge in [-0.2, -0.15) is 4.36 Å². The van der Waals surface area contributed by atoms with E-state index in [2.05, 4.69) is 14.6 Å². The lowest BCUT2D eigenvalue weighted by atomic mass is 10.5. The monoisotopic (exact) mass is 189 g/mol. The molecule has 6 heteroatoms. The van der Waals surface area contributed by atoms with Crippen molar-refractivity contribution in [2.45, 2.75) is 6.42 Å². The molecule has 1 aromatic rings. The zero-order valence-corrected chi connectivity index (χ0v) is 7.40. The van der Waals surface area contributed by atoms with Crippen molar-refractivity contribution in [1.82, 2.24) is 10.2 Å². The highest BCUT2D eigenvalue weighted by atomic mass is 32.2. The maximum Gasteiger partial charge on any atom is 0.239 e. The van der Waals surface area contributed by atoms with Crippen molar-refractivity contribution < 1.29 is 4.21 Å². The molecule has 1 fully saturated rings. The number of hydrogen-bond acceptors (Lipinski definition) is 5. The third kappa shape index (κ3) is 1.41. The standard InChI is InChI=1S/C5H7N3OS2/c9-11(2-1-3-11)8-5-7-6-4-10-5/h4H,1-3H2. The summed E-state index contributed by atoms with van der Waals surface area (Å²) in [6.07, 6.45) is 1.03. The molecule has 0 spiro atoms. The third-order valence-electron chi connectivity index (χ3n) is 1.52. The normalized spacial score (nSPS) is 20.7. The second-order valence-electron chi connectivity index (χ2n) is 2.35. The quantitative estimate of drug-likeness (QED) is 0.663. The first-order valence-corrected chi connectivity index (χ1v) is 6.00. The van der Waals surface area contributed by atoms with Crippen molar-refractivity contribution in [1.29, 1.82) is 0 Å². The summed E-state index contributed by atoms with van der Waals surface area (Å²) in [5.41, 5.74) is 1.60. The largest absolute Gasteiger partial charge is 0.249 e. The van der Waals surface area contributed by atoms with E-state index in [0.29, 0.717) is 5.13 Å². The van der Waals surface area contributed by atoms with Crippen LogP contribution in [0.2, 0.25) is 0 Å². The summed E-state index contributed by atoms with van der Waals surface area (Å²) in [5, 5.41) is 7.87. The zero-order chi connectivity index (χ0) is 7.73. The van der Waals surface area contributed by atoms with E-state index in [9.17, 15) is 4.21 Å². The second-order valence-corrected chi connectivity index (χ2v) is 5.70. The molecule has 0 amide bonds. The summed E-state index contributed by atoms with van der Waals surface area (Å²) in [6, 6.07) is 0. The predicted molar refractivity (Wildman–Crippen MR) is 44.5 cm³/mol. The summed E-state index contributed by atoms with van der Waals surface area (Å²) < 4.78 is 15.5. The number of hydrogen-bond donors (Lipinski definition) is 0. The lowest BCUT2D eigenvalue weighted by molar-refractivity contribution is 0.663. The Morgan fingerprint density at radius 1 is 1.64 bits per heavy atom. The van der Waals surface area contributed by atoms with Gasteiger partial charge in [0, 0.05) is 11.5 Å². The molecule has 60 valence electrons. The first kappa shape index (κ1) is 7.17. The molecule has 0 saturated carbocycles. The average molecular weight is 189 g/mol. The number of rotatable bonds is 1. The van der Waals surface area contributed by atoms with Crippen molar-refractivity contribution in [2.75, 3.05) is 11.5 Å². The van der Waals surface area contributed by atoms with Gasteiger partial charge in [0.2, 0.25) is 5.13 Å². The van der Waals surface area contributed by atoms with E-state index in [1.807, 2.05) is 0 Å². The second kappa shape index (κ2) is 2.53. The van der Waals surface area contributed by atoms with Gasteiger partial charge in [0.05, 0.1) is 9.73 Å². The Morgan fingerprint density at radius 3 is 2.91 bits per heavy atom. The van der Waals surface area contributed by atoms with Gasteiger partial charge in [0.1, 0.15) is 5.51 Å². The molecule has 0 atom stereocenters. The molecule has 11 heavy (non-hydrogen) atoms. The fourth-order valence-electron chi connectivity index (χ4n) is 0.832. The molecule has 1 aromatic heterocycles. The first-order valence-electron chi connectivity index (χ1n) is 3.27. The van der Waals surface area contributed by atoms with Gasteiger partial charge in [-0.15, -0.1) is 10.2 Å². The molecule has 0 radical (unpaired) electrons. The van der Waals surface area contributed by atoms with Crippen LogP contribution in [0.1, 0.15) is 6.42 Å². The van der Waals surface area contributed by atoms with E-state index in [0.717, 1.165) is 17.9 Å². The Labute approximate surface area is 68.8 Å². The van der Waals surface area contributed by atoms with Crippen LogP contribution in [-0.2, 0) is 9.73 Å². The minimum Gasteiger partial charge on any atom is -0.249 e. The summed E-state index contributed by atoms with van der Waals surface area (Å²) in [5.74, 6) is 1.46. The van der Waals surface area contributed by atoms with Crippen molar-refractivity contribution >= 4 is 26.2 Å².